The molecular formula is C19H26O2. The topological polar surface area (TPSA) is 26.3 Å². The van der Waals surface area contributed by atoms with Crippen LogP contribution in [0.15, 0.2) is 12.1 Å². The van der Waals surface area contributed by atoms with Gasteiger partial charge in [-0.25, -0.2) is 0 Å². The molecule has 0 N–H and O–H groups in total. The maximum atomic E-state index is 12.6. The highest BCUT2D eigenvalue weighted by atomic mass is 16.5. The summed E-state index contributed by atoms with van der Waals surface area (Å²) in [4.78, 5) is 12.6. The van der Waals surface area contributed by atoms with Crippen LogP contribution >= 0.6 is 0 Å². The van der Waals surface area contributed by atoms with E-state index in [1.807, 2.05) is 13.8 Å². The van der Waals surface area contributed by atoms with E-state index < -0.39 is 0 Å². The molecule has 1 aromatic rings. The Labute approximate surface area is 127 Å². The van der Waals surface area contributed by atoms with Crippen LogP contribution in [0.1, 0.15) is 44.4 Å². The molecule has 0 amide bonds. The molecule has 2 fully saturated rings. The molecule has 114 valence electrons. The van der Waals surface area contributed by atoms with E-state index in [9.17, 15) is 4.79 Å². The molecule has 3 atom stereocenters. The summed E-state index contributed by atoms with van der Waals surface area (Å²) in [5.41, 5.74) is 3.30. The van der Waals surface area contributed by atoms with E-state index in [0.717, 1.165) is 16.9 Å². The van der Waals surface area contributed by atoms with Crippen LogP contribution in [-0.2, 0) is 4.79 Å². The summed E-state index contributed by atoms with van der Waals surface area (Å²) < 4.78 is 6.45. The number of Topliss-reactive ketones (excluding diaryl/α,β-unsaturated/α-hetero) is 1. The van der Waals surface area contributed by atoms with Crippen LogP contribution in [0.2, 0.25) is 0 Å². The van der Waals surface area contributed by atoms with E-state index >= 15 is 0 Å². The lowest BCUT2D eigenvalue weighted by molar-refractivity contribution is -0.130. The summed E-state index contributed by atoms with van der Waals surface area (Å²) in [6.45, 7) is 14.8. The first-order valence-electron chi connectivity index (χ1n) is 7.87. The Balaban J connectivity index is 1.97. The zero-order valence-corrected chi connectivity index (χ0v) is 14.2. The minimum Gasteiger partial charge on any atom is -0.489 e. The van der Waals surface area contributed by atoms with E-state index in [2.05, 4.69) is 46.8 Å². The van der Waals surface area contributed by atoms with Crippen LogP contribution in [0.4, 0.5) is 0 Å². The number of ketones is 1. The third-order valence-corrected chi connectivity index (χ3v) is 5.72. The average Bonchev–Trinajstić information content (AvgIpc) is 2.80. The Morgan fingerprint density at radius 3 is 2.00 bits per heavy atom. The second-order valence-electron chi connectivity index (χ2n) is 8.18. The number of ether oxygens (including phenoxy) is 1. The number of carbonyl (C=O) groups excluding carboxylic acids is 1. The normalized spacial score (nSPS) is 32.0. The lowest BCUT2D eigenvalue weighted by atomic mass is 9.79. The van der Waals surface area contributed by atoms with Gasteiger partial charge in [-0.05, 0) is 51.2 Å². The Morgan fingerprint density at radius 1 is 1.00 bits per heavy atom. The molecule has 2 aliphatic rings. The summed E-state index contributed by atoms with van der Waals surface area (Å²) in [6.07, 6.45) is -0.00916. The highest BCUT2D eigenvalue weighted by molar-refractivity contribution is 5.94. The summed E-state index contributed by atoms with van der Waals surface area (Å²) in [5.74, 6) is 1.89. The highest BCUT2D eigenvalue weighted by Gasteiger charge is 2.75. The average molecular weight is 286 g/mol. The van der Waals surface area contributed by atoms with E-state index in [4.69, 9.17) is 4.74 Å². The Morgan fingerprint density at radius 2 is 1.52 bits per heavy atom. The maximum absolute atomic E-state index is 12.6. The fraction of sp³-hybridized carbons (Fsp3) is 0.632. The first kappa shape index (κ1) is 14.6. The smallest absolute Gasteiger partial charge is 0.146 e. The van der Waals surface area contributed by atoms with Gasteiger partial charge in [-0.2, -0.15) is 0 Å². The van der Waals surface area contributed by atoms with Gasteiger partial charge in [0.15, 0.2) is 0 Å². The molecule has 21 heavy (non-hydrogen) atoms. The third kappa shape index (κ3) is 1.88. The predicted octanol–water partition coefficient (Wildman–Crippen LogP) is 4.24. The molecule has 2 nitrogen and oxygen atoms in total. The van der Waals surface area contributed by atoms with Gasteiger partial charge in [0, 0.05) is 11.8 Å². The second kappa shape index (κ2) is 4.12. The number of aryl methyl sites for hydroxylation is 3. The molecule has 1 aromatic carbocycles. The Bertz CT molecular complexity index is 601. The summed E-state index contributed by atoms with van der Waals surface area (Å²) >= 11 is 0. The molecule has 0 aliphatic heterocycles. The summed E-state index contributed by atoms with van der Waals surface area (Å²) in [5, 5.41) is 0. The first-order valence-corrected chi connectivity index (χ1v) is 7.87. The molecule has 3 rings (SSSR count). The van der Waals surface area contributed by atoms with Crippen molar-refractivity contribution in [2.45, 2.75) is 54.6 Å². The van der Waals surface area contributed by atoms with Crippen LogP contribution in [0, 0.1) is 43.4 Å². The minimum atomic E-state index is -0.380. The monoisotopic (exact) mass is 286 g/mol. The Hall–Kier alpha value is -1.31. The van der Waals surface area contributed by atoms with Crippen molar-refractivity contribution in [1.29, 1.82) is 0 Å². The van der Waals surface area contributed by atoms with Gasteiger partial charge in [0.2, 0.25) is 0 Å². The maximum Gasteiger partial charge on any atom is 0.146 e. The quantitative estimate of drug-likeness (QED) is 0.813. The van der Waals surface area contributed by atoms with E-state index in [1.165, 1.54) is 5.56 Å². The van der Waals surface area contributed by atoms with Crippen molar-refractivity contribution in [1.82, 2.24) is 0 Å². The van der Waals surface area contributed by atoms with Gasteiger partial charge in [0.05, 0.1) is 5.41 Å². The number of fused-ring (bicyclic) bond motifs is 1. The third-order valence-electron chi connectivity index (χ3n) is 5.72. The fourth-order valence-corrected chi connectivity index (χ4v) is 4.43. The lowest BCUT2D eigenvalue weighted by Crippen LogP contribution is -2.40. The SMILES string of the molecule is Cc1cc(C)c(O[C@@H]2[C@@H]3[C@H](C(=O)C2(C)C)C3(C)C)c(C)c1. The summed E-state index contributed by atoms with van der Waals surface area (Å²) in [7, 11) is 0. The van der Waals surface area contributed by atoms with Gasteiger partial charge in [-0.1, -0.05) is 31.5 Å². The van der Waals surface area contributed by atoms with Crippen LogP contribution in [0.5, 0.6) is 5.75 Å². The van der Waals surface area contributed by atoms with Crippen LogP contribution in [0.3, 0.4) is 0 Å². The molecule has 0 radical (unpaired) electrons. The fourth-order valence-electron chi connectivity index (χ4n) is 4.43. The second-order valence-corrected chi connectivity index (χ2v) is 8.18. The Kier molecular flexibility index (Phi) is 2.87. The number of hydrogen-bond acceptors (Lipinski definition) is 2. The van der Waals surface area contributed by atoms with E-state index in [1.54, 1.807) is 0 Å². The highest BCUT2D eigenvalue weighted by Crippen LogP contribution is 2.70. The molecule has 0 bridgehead atoms. The van der Waals surface area contributed by atoms with Crippen LogP contribution < -0.4 is 4.74 Å². The van der Waals surface area contributed by atoms with Gasteiger partial charge < -0.3 is 4.74 Å². The zero-order valence-electron chi connectivity index (χ0n) is 14.2. The van der Waals surface area contributed by atoms with Crippen molar-refractivity contribution in [3.8, 4) is 5.75 Å². The van der Waals surface area contributed by atoms with Crippen molar-refractivity contribution in [3.63, 3.8) is 0 Å². The van der Waals surface area contributed by atoms with Gasteiger partial charge in [-0.15, -0.1) is 0 Å². The predicted molar refractivity (Wildman–Crippen MR) is 84.6 cm³/mol. The molecule has 2 saturated carbocycles. The lowest BCUT2D eigenvalue weighted by Gasteiger charge is -2.33. The van der Waals surface area contributed by atoms with E-state index in [-0.39, 0.29) is 22.9 Å². The summed E-state index contributed by atoms with van der Waals surface area (Å²) in [6, 6.07) is 4.31. The number of benzene rings is 1. The largest absolute Gasteiger partial charge is 0.489 e. The van der Waals surface area contributed by atoms with Crippen molar-refractivity contribution in [3.05, 3.63) is 28.8 Å². The van der Waals surface area contributed by atoms with Crippen molar-refractivity contribution in [2.24, 2.45) is 22.7 Å². The standard InChI is InChI=1S/C19H26O2/c1-10-8-11(2)15(12(3)9-10)21-17-14-13(18(14,4)5)16(20)19(17,6)7/h8-9,13-14,17H,1-7H3/t13-,14+,17-/m1/s1. The number of rotatable bonds is 2. The molecule has 0 saturated heterocycles. The zero-order chi connectivity index (χ0) is 15.7. The molecule has 2 heteroatoms. The molecule has 0 unspecified atom stereocenters. The molecule has 0 heterocycles. The van der Waals surface area contributed by atoms with Crippen LogP contribution in [-0.4, -0.2) is 11.9 Å². The van der Waals surface area contributed by atoms with Gasteiger partial charge >= 0.3 is 0 Å². The van der Waals surface area contributed by atoms with Crippen molar-refractivity contribution in [2.75, 3.05) is 0 Å². The minimum absolute atomic E-state index is 0.00916. The van der Waals surface area contributed by atoms with Crippen molar-refractivity contribution >= 4 is 5.78 Å². The molecule has 2 aliphatic carbocycles. The van der Waals surface area contributed by atoms with Crippen LogP contribution in [0.25, 0.3) is 0 Å². The van der Waals surface area contributed by atoms with E-state index in [0.29, 0.717) is 11.7 Å². The molecular weight excluding hydrogens is 260 g/mol. The number of hydrogen-bond donors (Lipinski definition) is 0. The van der Waals surface area contributed by atoms with Gasteiger partial charge in [0.25, 0.3) is 0 Å². The molecule has 0 aromatic heterocycles. The molecule has 0 spiro atoms. The van der Waals surface area contributed by atoms with Crippen molar-refractivity contribution < 1.29 is 9.53 Å². The first-order chi connectivity index (χ1) is 9.58. The van der Waals surface area contributed by atoms with Gasteiger partial charge in [-0.3, -0.25) is 4.79 Å². The number of carbonyl (C=O) groups is 1. The van der Waals surface area contributed by atoms with Gasteiger partial charge in [0.1, 0.15) is 17.6 Å².